The molecule has 27 heavy (non-hydrogen) atoms. The third kappa shape index (κ3) is 2.46. The second-order valence-corrected chi connectivity index (χ2v) is 7.30. The second kappa shape index (κ2) is 5.98. The molecular formula is C18H10F4N2O2S. The van der Waals surface area contributed by atoms with Crippen molar-refractivity contribution in [2.24, 2.45) is 0 Å². The molecule has 3 aromatic carbocycles. The lowest BCUT2D eigenvalue weighted by Gasteiger charge is -2.22. The molecule has 0 aromatic heterocycles. The molecule has 0 aliphatic carbocycles. The number of rotatable bonds is 2. The fourth-order valence-electron chi connectivity index (χ4n) is 2.94. The number of para-hydroxylation sites is 2. The Kier molecular flexibility index (Phi) is 3.84. The molecule has 138 valence electrons. The first-order valence-electron chi connectivity index (χ1n) is 7.66. The molecule has 0 unspecified atom stereocenters. The van der Waals surface area contributed by atoms with Gasteiger partial charge in [0.1, 0.15) is 0 Å². The summed E-state index contributed by atoms with van der Waals surface area (Å²) in [6.45, 7) is 0. The number of anilines is 4. The van der Waals surface area contributed by atoms with Gasteiger partial charge in [-0.25, -0.2) is 26.2 Å². The summed E-state index contributed by atoms with van der Waals surface area (Å²) >= 11 is 0. The molecule has 3 aromatic rings. The van der Waals surface area contributed by atoms with Gasteiger partial charge < -0.3 is 0 Å². The Balaban J connectivity index is 2.02. The maximum Gasteiger partial charge on any atom is 0.335 e. The van der Waals surface area contributed by atoms with Gasteiger partial charge in [-0.2, -0.15) is 8.42 Å². The highest BCUT2D eigenvalue weighted by molar-refractivity contribution is 7.95. The van der Waals surface area contributed by atoms with Crippen molar-refractivity contribution in [2.45, 2.75) is 0 Å². The van der Waals surface area contributed by atoms with Crippen molar-refractivity contribution >= 4 is 33.0 Å². The molecule has 0 atom stereocenters. The van der Waals surface area contributed by atoms with Crippen LogP contribution in [0, 0.1) is 23.3 Å². The Bertz CT molecular complexity index is 1080. The van der Waals surface area contributed by atoms with Crippen LogP contribution >= 0.6 is 0 Å². The molecule has 1 heterocycles. The number of benzene rings is 3. The Morgan fingerprint density at radius 2 is 0.926 bits per heavy atom. The van der Waals surface area contributed by atoms with Crippen LogP contribution in [0.25, 0.3) is 0 Å². The van der Waals surface area contributed by atoms with Crippen molar-refractivity contribution in [3.8, 4) is 0 Å². The van der Waals surface area contributed by atoms with E-state index >= 15 is 0 Å². The average molecular weight is 394 g/mol. The van der Waals surface area contributed by atoms with Crippen LogP contribution in [0.2, 0.25) is 0 Å². The Morgan fingerprint density at radius 1 is 0.556 bits per heavy atom. The van der Waals surface area contributed by atoms with Gasteiger partial charge in [0, 0.05) is 0 Å². The van der Waals surface area contributed by atoms with Crippen LogP contribution < -0.4 is 8.61 Å². The van der Waals surface area contributed by atoms with Gasteiger partial charge in [0.05, 0.1) is 22.7 Å². The van der Waals surface area contributed by atoms with Gasteiger partial charge in [-0.3, -0.25) is 0 Å². The highest BCUT2D eigenvalue weighted by atomic mass is 32.2. The van der Waals surface area contributed by atoms with Crippen LogP contribution in [0.15, 0.2) is 60.7 Å². The van der Waals surface area contributed by atoms with E-state index in [0.717, 1.165) is 36.4 Å². The molecule has 0 bridgehead atoms. The fraction of sp³-hybridized carbons (Fsp3) is 0. The zero-order chi connectivity index (χ0) is 19.3. The normalized spacial score (nSPS) is 15.1. The van der Waals surface area contributed by atoms with Gasteiger partial charge >= 0.3 is 10.2 Å². The topological polar surface area (TPSA) is 40.6 Å². The lowest BCUT2D eigenvalue weighted by atomic mass is 10.2. The fourth-order valence-corrected chi connectivity index (χ4v) is 4.69. The smallest absolute Gasteiger partial charge is 0.216 e. The Labute approximate surface area is 152 Å². The number of halogens is 4. The summed E-state index contributed by atoms with van der Waals surface area (Å²) in [4.78, 5) is 0. The monoisotopic (exact) mass is 394 g/mol. The molecule has 1 aliphatic heterocycles. The molecule has 9 heteroatoms. The van der Waals surface area contributed by atoms with Crippen LogP contribution in [-0.2, 0) is 10.2 Å². The molecule has 0 radical (unpaired) electrons. The first kappa shape index (κ1) is 17.3. The Morgan fingerprint density at radius 3 is 1.33 bits per heavy atom. The van der Waals surface area contributed by atoms with Crippen molar-refractivity contribution in [1.82, 2.24) is 0 Å². The molecular weight excluding hydrogens is 384 g/mol. The number of fused-ring (bicyclic) bond motifs is 1. The standard InChI is InChI=1S/C18H10F4N2O2S/c19-11-5-3-9-15(17(11)21)23-13-7-1-2-8-14(13)24(27(23,25)26)16-10-4-6-12(20)18(16)22/h1-10H. The van der Waals surface area contributed by atoms with Gasteiger partial charge in [0.2, 0.25) is 0 Å². The summed E-state index contributed by atoms with van der Waals surface area (Å²) < 4.78 is 83.4. The van der Waals surface area contributed by atoms with E-state index in [1.807, 2.05) is 0 Å². The minimum Gasteiger partial charge on any atom is -0.216 e. The third-order valence-corrected chi connectivity index (χ3v) is 5.79. The van der Waals surface area contributed by atoms with E-state index in [4.69, 9.17) is 0 Å². The van der Waals surface area contributed by atoms with E-state index in [1.54, 1.807) is 0 Å². The molecule has 0 N–H and O–H groups in total. The Hall–Kier alpha value is -3.07. The van der Waals surface area contributed by atoms with Gasteiger partial charge in [-0.15, -0.1) is 0 Å². The molecule has 0 fully saturated rings. The summed E-state index contributed by atoms with van der Waals surface area (Å²) in [6.07, 6.45) is 0. The highest BCUT2D eigenvalue weighted by Gasteiger charge is 2.44. The molecule has 0 amide bonds. The summed E-state index contributed by atoms with van der Waals surface area (Å²) in [5.41, 5.74) is -1.18. The van der Waals surface area contributed by atoms with Crippen molar-refractivity contribution in [3.63, 3.8) is 0 Å². The van der Waals surface area contributed by atoms with Crippen LogP contribution in [0.1, 0.15) is 0 Å². The first-order valence-corrected chi connectivity index (χ1v) is 9.06. The lowest BCUT2D eigenvalue weighted by Crippen LogP contribution is -2.33. The van der Waals surface area contributed by atoms with E-state index < -0.39 is 44.9 Å². The van der Waals surface area contributed by atoms with Crippen LogP contribution in [0.3, 0.4) is 0 Å². The largest absolute Gasteiger partial charge is 0.335 e. The maximum absolute atomic E-state index is 14.3. The van der Waals surface area contributed by atoms with E-state index in [9.17, 15) is 26.0 Å². The minimum absolute atomic E-state index is 0.0225. The van der Waals surface area contributed by atoms with Gasteiger partial charge in [0.25, 0.3) is 0 Å². The lowest BCUT2D eigenvalue weighted by molar-refractivity contribution is 0.509. The predicted octanol–water partition coefficient (Wildman–Crippen LogP) is 4.78. The zero-order valence-corrected chi connectivity index (χ0v) is 14.2. The van der Waals surface area contributed by atoms with Crippen molar-refractivity contribution < 1.29 is 26.0 Å². The van der Waals surface area contributed by atoms with Crippen molar-refractivity contribution in [3.05, 3.63) is 83.9 Å². The summed E-state index contributed by atoms with van der Waals surface area (Å²) in [5.74, 6) is -5.24. The van der Waals surface area contributed by atoms with Gasteiger partial charge in [-0.05, 0) is 36.4 Å². The quantitative estimate of drug-likeness (QED) is 0.587. The van der Waals surface area contributed by atoms with Crippen molar-refractivity contribution in [2.75, 3.05) is 8.61 Å². The summed E-state index contributed by atoms with van der Waals surface area (Å²) in [7, 11) is -4.62. The van der Waals surface area contributed by atoms with E-state index in [2.05, 4.69) is 0 Å². The SMILES string of the molecule is O=S1(=O)N(c2cccc(F)c2F)c2ccccc2N1c1cccc(F)c1F. The molecule has 0 spiro atoms. The van der Waals surface area contributed by atoms with E-state index in [0.29, 0.717) is 8.61 Å². The summed E-state index contributed by atoms with van der Waals surface area (Å²) in [5, 5.41) is 0. The molecule has 0 saturated carbocycles. The highest BCUT2D eigenvalue weighted by Crippen LogP contribution is 2.49. The molecule has 4 rings (SSSR count). The second-order valence-electron chi connectivity index (χ2n) is 5.67. The molecule has 1 aliphatic rings. The maximum atomic E-state index is 14.3. The van der Waals surface area contributed by atoms with E-state index in [1.165, 1.54) is 24.3 Å². The van der Waals surface area contributed by atoms with Crippen LogP contribution in [0.5, 0.6) is 0 Å². The molecule has 0 saturated heterocycles. The van der Waals surface area contributed by atoms with Crippen molar-refractivity contribution in [1.29, 1.82) is 0 Å². The first-order chi connectivity index (χ1) is 12.8. The van der Waals surface area contributed by atoms with E-state index in [-0.39, 0.29) is 11.4 Å². The van der Waals surface area contributed by atoms with Gasteiger partial charge in [0.15, 0.2) is 23.3 Å². The average Bonchev–Trinajstić information content (AvgIpc) is 2.86. The predicted molar refractivity (Wildman–Crippen MR) is 92.4 cm³/mol. The zero-order valence-electron chi connectivity index (χ0n) is 13.4. The third-order valence-electron chi connectivity index (χ3n) is 4.08. The van der Waals surface area contributed by atoms with Crippen LogP contribution in [-0.4, -0.2) is 8.42 Å². The number of hydrogen-bond donors (Lipinski definition) is 0. The van der Waals surface area contributed by atoms with Gasteiger partial charge in [-0.1, -0.05) is 24.3 Å². The minimum atomic E-state index is -4.62. The van der Waals surface area contributed by atoms with Crippen LogP contribution in [0.4, 0.5) is 40.3 Å². The number of hydrogen-bond acceptors (Lipinski definition) is 2. The number of nitrogens with zero attached hydrogens (tertiary/aromatic N) is 2. The molecule has 4 nitrogen and oxygen atoms in total. The summed E-state index contributed by atoms with van der Waals surface area (Å²) in [6, 6.07) is 11.8.